The molecule has 176 valence electrons. The van der Waals surface area contributed by atoms with Crippen molar-refractivity contribution in [2.75, 3.05) is 5.75 Å². The van der Waals surface area contributed by atoms with Crippen LogP contribution in [-0.4, -0.2) is 34.7 Å². The molecule has 0 amide bonds. The molecule has 2 N–H and O–H groups in total. The third-order valence-electron chi connectivity index (χ3n) is 5.36. The summed E-state index contributed by atoms with van der Waals surface area (Å²) in [5.41, 5.74) is 5.98. The Morgan fingerprint density at radius 3 is 2.26 bits per heavy atom. The third-order valence-corrected chi connectivity index (χ3v) is 7.10. The van der Waals surface area contributed by atoms with Crippen molar-refractivity contribution in [3.8, 4) is 17.1 Å². The molecule has 0 radical (unpaired) electrons. The summed E-state index contributed by atoms with van der Waals surface area (Å²) in [5.74, 6) is 0.489. The second-order valence-corrected chi connectivity index (χ2v) is 10.6. The predicted octanol–water partition coefficient (Wildman–Crippen LogP) is 4.38. The number of carbonyl (C=O) groups excluding carboxylic acids is 1. The third kappa shape index (κ3) is 4.98. The normalized spacial score (nSPS) is 11.7. The minimum Gasteiger partial charge on any atom is -0.411 e. The summed E-state index contributed by atoms with van der Waals surface area (Å²) in [5, 5.41) is 13.7. The minimum absolute atomic E-state index is 0.0335. The number of aromatic nitrogens is 3. The minimum atomic E-state index is -3.77. The number of hydrogen-bond donors (Lipinski definition) is 1. The van der Waals surface area contributed by atoms with Crippen LogP contribution < -0.4 is 5.14 Å². The molecule has 0 aliphatic carbocycles. The van der Waals surface area contributed by atoms with Gasteiger partial charge in [-0.05, 0) is 70.2 Å². The zero-order valence-electron chi connectivity index (χ0n) is 19.2. The molecular weight excluding hydrogens is 472 g/mol. The van der Waals surface area contributed by atoms with Crippen LogP contribution in [-0.2, 0) is 10.0 Å². The van der Waals surface area contributed by atoms with Crippen LogP contribution in [0.2, 0.25) is 0 Å². The molecular formula is C24H24N4O4S2. The molecule has 0 unspecified atom stereocenters. The van der Waals surface area contributed by atoms with Crippen molar-refractivity contribution in [1.82, 2.24) is 14.8 Å². The lowest BCUT2D eigenvalue weighted by Gasteiger charge is -2.10. The highest BCUT2D eigenvalue weighted by atomic mass is 32.2. The highest BCUT2D eigenvalue weighted by molar-refractivity contribution is 7.99. The molecule has 0 atom stereocenters. The number of nitrogens with two attached hydrogens (primary N) is 1. The van der Waals surface area contributed by atoms with Gasteiger partial charge in [-0.3, -0.25) is 4.79 Å². The average molecular weight is 497 g/mol. The lowest BCUT2D eigenvalue weighted by Crippen LogP contribution is -2.12. The highest BCUT2D eigenvalue weighted by Crippen LogP contribution is 2.27. The topological polar surface area (TPSA) is 121 Å². The van der Waals surface area contributed by atoms with E-state index in [0.717, 1.165) is 33.8 Å². The zero-order chi connectivity index (χ0) is 24.6. The molecule has 0 bridgehead atoms. The molecule has 2 aromatic carbocycles. The number of sulfonamides is 1. The molecule has 10 heteroatoms. The van der Waals surface area contributed by atoms with Crippen LogP contribution >= 0.6 is 11.8 Å². The molecule has 0 saturated carbocycles. The summed E-state index contributed by atoms with van der Waals surface area (Å²) in [6.07, 6.45) is 0. The van der Waals surface area contributed by atoms with Gasteiger partial charge in [-0.15, -0.1) is 10.2 Å². The Kier molecular flexibility index (Phi) is 6.48. The first-order valence-electron chi connectivity index (χ1n) is 10.4. The summed E-state index contributed by atoms with van der Waals surface area (Å²) in [6.45, 7) is 7.75. The van der Waals surface area contributed by atoms with E-state index in [-0.39, 0.29) is 16.4 Å². The standard InChI is InChI=1S/C24H24N4O4S2/c1-14-9-15(2)11-18(10-14)23-26-27-24(32-23)33-13-22(29)21-12-16(3)28(17(21)4)19-5-7-20(8-6-19)34(25,30)31/h5-12H,13H2,1-4H3,(H2,25,30,31). The van der Waals surface area contributed by atoms with E-state index in [1.165, 1.54) is 23.9 Å². The van der Waals surface area contributed by atoms with E-state index in [2.05, 4.69) is 16.3 Å². The molecule has 4 rings (SSSR count). The number of carbonyl (C=O) groups is 1. The monoisotopic (exact) mass is 496 g/mol. The molecule has 4 aromatic rings. The Hall–Kier alpha value is -3.21. The van der Waals surface area contributed by atoms with Gasteiger partial charge in [-0.25, -0.2) is 13.6 Å². The summed E-state index contributed by atoms with van der Waals surface area (Å²) < 4.78 is 30.7. The number of thioether (sulfide) groups is 1. The van der Waals surface area contributed by atoms with Gasteiger partial charge in [-0.1, -0.05) is 29.0 Å². The number of Topliss-reactive ketones (excluding diaryl/α,β-unsaturated/α-hetero) is 1. The van der Waals surface area contributed by atoms with E-state index in [9.17, 15) is 13.2 Å². The van der Waals surface area contributed by atoms with Crippen molar-refractivity contribution < 1.29 is 17.6 Å². The Bertz CT molecular complexity index is 1470. The lowest BCUT2D eigenvalue weighted by atomic mass is 10.1. The van der Waals surface area contributed by atoms with E-state index < -0.39 is 10.0 Å². The Balaban J connectivity index is 1.50. The lowest BCUT2D eigenvalue weighted by molar-refractivity contribution is 0.102. The largest absolute Gasteiger partial charge is 0.411 e. The predicted molar refractivity (Wildman–Crippen MR) is 131 cm³/mol. The molecule has 0 saturated heterocycles. The van der Waals surface area contributed by atoms with Gasteiger partial charge < -0.3 is 8.98 Å². The van der Waals surface area contributed by atoms with Crippen LogP contribution in [0.4, 0.5) is 0 Å². The number of hydrogen-bond acceptors (Lipinski definition) is 7. The van der Waals surface area contributed by atoms with Crippen LogP contribution in [0.1, 0.15) is 32.9 Å². The summed E-state index contributed by atoms with van der Waals surface area (Å²) >= 11 is 1.19. The SMILES string of the molecule is Cc1cc(C)cc(-c2nnc(SCC(=O)c3cc(C)n(-c4ccc(S(N)(=O)=O)cc4)c3C)o2)c1. The Morgan fingerprint density at radius 1 is 1.00 bits per heavy atom. The maximum Gasteiger partial charge on any atom is 0.277 e. The molecule has 0 fully saturated rings. The smallest absolute Gasteiger partial charge is 0.277 e. The first-order chi connectivity index (χ1) is 16.0. The highest BCUT2D eigenvalue weighted by Gasteiger charge is 2.19. The van der Waals surface area contributed by atoms with Gasteiger partial charge in [0, 0.05) is 28.2 Å². The maximum absolute atomic E-state index is 13.0. The van der Waals surface area contributed by atoms with Gasteiger partial charge in [0.2, 0.25) is 15.9 Å². The van der Waals surface area contributed by atoms with Crippen molar-refractivity contribution in [3.63, 3.8) is 0 Å². The fourth-order valence-corrected chi connectivity index (χ4v) is 5.08. The van der Waals surface area contributed by atoms with Gasteiger partial charge in [0.25, 0.3) is 5.22 Å². The fourth-order valence-electron chi connectivity index (χ4n) is 3.92. The number of benzene rings is 2. The number of nitrogens with zero attached hydrogens (tertiary/aromatic N) is 3. The second-order valence-electron chi connectivity index (χ2n) is 8.12. The van der Waals surface area contributed by atoms with E-state index in [1.54, 1.807) is 12.1 Å². The van der Waals surface area contributed by atoms with Gasteiger partial charge in [0.15, 0.2) is 5.78 Å². The molecule has 8 nitrogen and oxygen atoms in total. The Labute approximate surface area is 202 Å². The quantitative estimate of drug-likeness (QED) is 0.298. The van der Waals surface area contributed by atoms with Crippen LogP contribution in [0, 0.1) is 27.7 Å². The van der Waals surface area contributed by atoms with Crippen LogP contribution in [0.25, 0.3) is 17.1 Å². The number of ketones is 1. The molecule has 2 heterocycles. The average Bonchev–Trinajstić information content (AvgIpc) is 3.35. The van der Waals surface area contributed by atoms with Gasteiger partial charge in [0.1, 0.15) is 0 Å². The van der Waals surface area contributed by atoms with E-state index in [0.29, 0.717) is 16.7 Å². The van der Waals surface area contributed by atoms with Gasteiger partial charge >= 0.3 is 0 Å². The number of primary sulfonamides is 1. The zero-order valence-corrected chi connectivity index (χ0v) is 20.8. The molecule has 0 aliphatic rings. The summed E-state index contributed by atoms with van der Waals surface area (Å²) in [4.78, 5) is 13.0. The molecule has 0 aliphatic heterocycles. The fraction of sp³-hybridized carbons (Fsp3) is 0.208. The Morgan fingerprint density at radius 2 is 1.65 bits per heavy atom. The van der Waals surface area contributed by atoms with E-state index in [4.69, 9.17) is 9.56 Å². The van der Waals surface area contributed by atoms with Crippen molar-refractivity contribution in [2.24, 2.45) is 5.14 Å². The van der Waals surface area contributed by atoms with E-state index in [1.807, 2.05) is 50.5 Å². The van der Waals surface area contributed by atoms with Crippen LogP contribution in [0.5, 0.6) is 0 Å². The molecule has 34 heavy (non-hydrogen) atoms. The first kappa shape index (κ1) is 23.9. The van der Waals surface area contributed by atoms with E-state index >= 15 is 0 Å². The number of aryl methyl sites for hydroxylation is 3. The molecule has 2 aromatic heterocycles. The second kappa shape index (κ2) is 9.21. The van der Waals surface area contributed by atoms with Crippen molar-refractivity contribution in [1.29, 1.82) is 0 Å². The van der Waals surface area contributed by atoms with Gasteiger partial charge in [-0.2, -0.15) is 0 Å². The van der Waals surface area contributed by atoms with Crippen molar-refractivity contribution >= 4 is 27.6 Å². The van der Waals surface area contributed by atoms with Gasteiger partial charge in [0.05, 0.1) is 10.6 Å². The van der Waals surface area contributed by atoms with Crippen LogP contribution in [0.15, 0.2) is 63.1 Å². The number of rotatable bonds is 7. The maximum atomic E-state index is 13.0. The van der Waals surface area contributed by atoms with Crippen molar-refractivity contribution in [2.45, 2.75) is 37.8 Å². The first-order valence-corrected chi connectivity index (χ1v) is 13.0. The van der Waals surface area contributed by atoms with Crippen LogP contribution in [0.3, 0.4) is 0 Å². The summed E-state index contributed by atoms with van der Waals surface area (Å²) in [7, 11) is -3.77. The molecule has 0 spiro atoms. The summed E-state index contributed by atoms with van der Waals surface area (Å²) in [6, 6.07) is 14.1. The van der Waals surface area contributed by atoms with Crippen molar-refractivity contribution in [3.05, 3.63) is 76.6 Å².